The number of ether oxygens (including phenoxy) is 1. The third kappa shape index (κ3) is 5.05. The summed E-state index contributed by atoms with van der Waals surface area (Å²) >= 11 is 0. The number of likely N-dealkylation sites (tertiary alicyclic amines) is 1. The van der Waals surface area contributed by atoms with Gasteiger partial charge in [0.2, 0.25) is 0 Å². The number of amides is 2. The van der Waals surface area contributed by atoms with E-state index in [2.05, 4.69) is 5.32 Å². The lowest BCUT2D eigenvalue weighted by molar-refractivity contribution is -0.143. The molecule has 1 unspecified atom stereocenters. The van der Waals surface area contributed by atoms with Crippen LogP contribution in [-0.4, -0.2) is 42.2 Å². The summed E-state index contributed by atoms with van der Waals surface area (Å²) in [5.41, 5.74) is -5.53. The smallest absolute Gasteiger partial charge is 0.417 e. The zero-order valence-corrected chi connectivity index (χ0v) is 17.8. The first-order valence-electron chi connectivity index (χ1n) is 10.0. The van der Waals surface area contributed by atoms with Gasteiger partial charge in [-0.25, -0.2) is 4.79 Å². The van der Waals surface area contributed by atoms with Crippen LogP contribution in [0.25, 0.3) is 0 Å². The Kier molecular flexibility index (Phi) is 6.72. The van der Waals surface area contributed by atoms with Crippen molar-refractivity contribution in [3.8, 4) is 5.75 Å². The molecule has 0 radical (unpaired) electrons. The summed E-state index contributed by atoms with van der Waals surface area (Å²) in [5.74, 6) is -2.25. The van der Waals surface area contributed by atoms with Gasteiger partial charge in [-0.1, -0.05) is 30.3 Å². The molecule has 1 atom stereocenters. The third-order valence-electron chi connectivity index (χ3n) is 5.62. The molecule has 0 spiro atoms. The highest BCUT2D eigenvalue weighted by molar-refractivity contribution is 5.99. The van der Waals surface area contributed by atoms with E-state index in [9.17, 15) is 41.0 Å². The largest absolute Gasteiger partial charge is 0.496 e. The molecule has 0 bridgehead atoms. The van der Waals surface area contributed by atoms with Gasteiger partial charge in [0.25, 0.3) is 5.91 Å². The minimum absolute atomic E-state index is 0.142. The molecule has 1 saturated heterocycles. The van der Waals surface area contributed by atoms with Crippen LogP contribution in [0.15, 0.2) is 42.5 Å². The van der Waals surface area contributed by atoms with Crippen LogP contribution in [0.1, 0.15) is 39.9 Å². The summed E-state index contributed by atoms with van der Waals surface area (Å²) in [6.45, 7) is -0.112. The summed E-state index contributed by atoms with van der Waals surface area (Å²) < 4.78 is 85.7. The Bertz CT molecular complexity index is 1070. The lowest BCUT2D eigenvalue weighted by Gasteiger charge is -2.43. The highest BCUT2D eigenvalue weighted by Gasteiger charge is 2.45. The van der Waals surface area contributed by atoms with Crippen molar-refractivity contribution in [2.45, 2.75) is 30.7 Å². The number of hydrogen-bond acceptors (Lipinski definition) is 3. The molecular weight excluding hydrogens is 470 g/mol. The number of alkyl halides is 6. The number of benzene rings is 2. The molecule has 2 aromatic carbocycles. The van der Waals surface area contributed by atoms with Crippen LogP contribution in [0.4, 0.5) is 31.1 Å². The Labute approximate surface area is 190 Å². The first-order chi connectivity index (χ1) is 15.8. The van der Waals surface area contributed by atoms with E-state index in [0.717, 1.165) is 12.0 Å². The minimum Gasteiger partial charge on any atom is -0.496 e. The Hall–Kier alpha value is -3.44. The van der Waals surface area contributed by atoms with Crippen LogP contribution in [0.2, 0.25) is 0 Å². The molecular formula is C22H20F6N2O4. The van der Waals surface area contributed by atoms with E-state index in [1.807, 2.05) is 0 Å². The Morgan fingerprint density at radius 3 is 2.24 bits per heavy atom. The van der Waals surface area contributed by atoms with Gasteiger partial charge in [-0.15, -0.1) is 0 Å². The molecule has 184 valence electrons. The SMILES string of the molecule is COc1cc(C(F)(F)F)cc(C(F)(F)F)c1C(=O)NC1(c2ccccc2)CCCN(C(=O)O)C1. The second kappa shape index (κ2) is 9.07. The first kappa shape index (κ1) is 25.2. The van der Waals surface area contributed by atoms with Crippen molar-refractivity contribution in [2.75, 3.05) is 20.2 Å². The fourth-order valence-electron chi connectivity index (χ4n) is 4.06. The second-order valence-electron chi connectivity index (χ2n) is 7.81. The summed E-state index contributed by atoms with van der Waals surface area (Å²) in [5, 5.41) is 11.9. The normalized spacial score (nSPS) is 19.0. The van der Waals surface area contributed by atoms with Crippen molar-refractivity contribution < 1.29 is 45.8 Å². The van der Waals surface area contributed by atoms with Crippen LogP contribution in [0.5, 0.6) is 5.75 Å². The third-order valence-corrected chi connectivity index (χ3v) is 5.62. The number of nitrogens with zero attached hydrogens (tertiary/aromatic N) is 1. The monoisotopic (exact) mass is 490 g/mol. The number of carbonyl (C=O) groups is 2. The molecule has 12 heteroatoms. The number of halogens is 6. The molecule has 3 rings (SSSR count). The van der Waals surface area contributed by atoms with Gasteiger partial charge in [-0.05, 0) is 30.5 Å². The zero-order valence-electron chi connectivity index (χ0n) is 17.8. The van der Waals surface area contributed by atoms with Crippen molar-refractivity contribution in [1.29, 1.82) is 0 Å². The van der Waals surface area contributed by atoms with E-state index in [1.54, 1.807) is 30.3 Å². The van der Waals surface area contributed by atoms with Gasteiger partial charge in [0, 0.05) is 6.54 Å². The number of carboxylic acid groups (broad SMARTS) is 1. The molecule has 1 aliphatic heterocycles. The van der Waals surface area contributed by atoms with Gasteiger partial charge in [0.15, 0.2) is 0 Å². The van der Waals surface area contributed by atoms with Crippen LogP contribution in [-0.2, 0) is 17.9 Å². The van der Waals surface area contributed by atoms with Gasteiger partial charge in [-0.2, -0.15) is 26.3 Å². The van der Waals surface area contributed by atoms with Crippen molar-refractivity contribution in [1.82, 2.24) is 10.2 Å². The van der Waals surface area contributed by atoms with E-state index in [1.165, 1.54) is 0 Å². The van der Waals surface area contributed by atoms with E-state index in [0.29, 0.717) is 11.6 Å². The first-order valence-corrected chi connectivity index (χ1v) is 10.0. The van der Waals surface area contributed by atoms with Gasteiger partial charge in [0.1, 0.15) is 5.75 Å². The topological polar surface area (TPSA) is 78.9 Å². The van der Waals surface area contributed by atoms with Crippen LogP contribution in [0, 0.1) is 0 Å². The predicted molar refractivity (Wildman–Crippen MR) is 107 cm³/mol. The van der Waals surface area contributed by atoms with E-state index < -0.39 is 52.3 Å². The summed E-state index contributed by atoms with van der Waals surface area (Å²) in [4.78, 5) is 25.8. The highest BCUT2D eigenvalue weighted by Crippen LogP contribution is 2.42. The molecule has 1 fully saturated rings. The fraction of sp³-hybridized carbons (Fsp3) is 0.364. The van der Waals surface area contributed by atoms with Crippen molar-refractivity contribution in [3.63, 3.8) is 0 Å². The number of hydrogen-bond donors (Lipinski definition) is 2. The van der Waals surface area contributed by atoms with Crippen molar-refractivity contribution in [3.05, 3.63) is 64.7 Å². The van der Waals surface area contributed by atoms with Crippen molar-refractivity contribution >= 4 is 12.0 Å². The summed E-state index contributed by atoms with van der Waals surface area (Å²) in [6.07, 6.45) is -11.2. The molecule has 1 heterocycles. The average molecular weight is 490 g/mol. The quantitative estimate of drug-likeness (QED) is 0.583. The van der Waals surface area contributed by atoms with Gasteiger partial charge in [0.05, 0.1) is 35.9 Å². The van der Waals surface area contributed by atoms with Crippen molar-refractivity contribution in [2.24, 2.45) is 0 Å². The number of piperidine rings is 1. The minimum atomic E-state index is -5.30. The van der Waals surface area contributed by atoms with E-state index in [-0.39, 0.29) is 32.0 Å². The summed E-state index contributed by atoms with van der Waals surface area (Å²) in [7, 11) is 0.853. The molecule has 0 aliphatic carbocycles. The number of carbonyl (C=O) groups excluding carboxylic acids is 1. The fourth-order valence-corrected chi connectivity index (χ4v) is 4.06. The highest BCUT2D eigenvalue weighted by atomic mass is 19.4. The second-order valence-corrected chi connectivity index (χ2v) is 7.81. The molecule has 1 aliphatic rings. The molecule has 6 nitrogen and oxygen atoms in total. The van der Waals surface area contributed by atoms with Crippen LogP contribution < -0.4 is 10.1 Å². The molecule has 2 amide bonds. The molecule has 2 N–H and O–H groups in total. The van der Waals surface area contributed by atoms with E-state index in [4.69, 9.17) is 4.74 Å². The number of nitrogens with one attached hydrogen (secondary N) is 1. The van der Waals surface area contributed by atoms with Gasteiger partial charge in [-0.3, -0.25) is 4.79 Å². The van der Waals surface area contributed by atoms with E-state index >= 15 is 0 Å². The number of methoxy groups -OCH3 is 1. The van der Waals surface area contributed by atoms with Gasteiger partial charge >= 0.3 is 18.4 Å². The van der Waals surface area contributed by atoms with Gasteiger partial charge < -0.3 is 20.1 Å². The molecule has 0 saturated carbocycles. The Morgan fingerprint density at radius 2 is 1.71 bits per heavy atom. The number of rotatable bonds is 4. The lowest BCUT2D eigenvalue weighted by atomic mass is 9.81. The van der Waals surface area contributed by atoms with Crippen LogP contribution >= 0.6 is 0 Å². The zero-order chi connectivity index (χ0) is 25.3. The molecule has 34 heavy (non-hydrogen) atoms. The molecule has 2 aromatic rings. The molecule has 0 aromatic heterocycles. The maximum Gasteiger partial charge on any atom is 0.417 e. The Morgan fingerprint density at radius 1 is 1.06 bits per heavy atom. The average Bonchev–Trinajstić information content (AvgIpc) is 2.77. The predicted octanol–water partition coefficient (Wildman–Crippen LogP) is 5.13. The maximum absolute atomic E-state index is 13.8. The maximum atomic E-state index is 13.8. The standard InChI is InChI=1S/C22H20F6N2O4/c1-34-16-11-14(21(23,24)25)10-15(22(26,27)28)17(16)18(31)29-20(13-6-3-2-4-7-13)8-5-9-30(12-20)19(32)33/h2-4,6-7,10-11H,5,8-9,12H2,1H3,(H,29,31)(H,32,33). The Balaban J connectivity index is 2.14. The van der Waals surface area contributed by atoms with Crippen LogP contribution in [0.3, 0.4) is 0 Å². The summed E-state index contributed by atoms with van der Waals surface area (Å²) in [6, 6.07) is 8.24. The lowest BCUT2D eigenvalue weighted by Crippen LogP contribution is -2.57.